The zero-order valence-corrected chi connectivity index (χ0v) is 9.14. The Morgan fingerprint density at radius 3 is 2.71 bits per heavy atom. The molecule has 1 fully saturated rings. The number of hydrogen-bond donors (Lipinski definition) is 0. The highest BCUT2D eigenvalue weighted by Crippen LogP contribution is 2.16. The van der Waals surface area contributed by atoms with Crippen molar-refractivity contribution >= 4 is 17.4 Å². The predicted octanol–water partition coefficient (Wildman–Crippen LogP) is 2.08. The van der Waals surface area contributed by atoms with Gasteiger partial charge in [0, 0.05) is 13.1 Å². The Bertz CT molecular complexity index is 329. The lowest BCUT2D eigenvalue weighted by molar-refractivity contribution is 0.0729. The SMILES string of the molecule is Cc1cc(C(=O)N2CCCCC2)sn1. The summed E-state index contributed by atoms with van der Waals surface area (Å²) in [6.45, 7) is 3.75. The molecule has 0 aliphatic carbocycles. The summed E-state index contributed by atoms with van der Waals surface area (Å²) in [6.07, 6.45) is 3.54. The molecule has 1 aromatic rings. The minimum absolute atomic E-state index is 0.162. The topological polar surface area (TPSA) is 33.2 Å². The maximum atomic E-state index is 11.9. The Morgan fingerprint density at radius 1 is 1.43 bits per heavy atom. The molecule has 1 aliphatic rings. The number of aryl methyl sites for hydroxylation is 1. The Kier molecular flexibility index (Phi) is 2.82. The highest BCUT2D eigenvalue weighted by Gasteiger charge is 2.19. The summed E-state index contributed by atoms with van der Waals surface area (Å²) in [7, 11) is 0. The maximum Gasteiger partial charge on any atom is 0.265 e. The lowest BCUT2D eigenvalue weighted by Crippen LogP contribution is -2.35. The fourth-order valence-electron chi connectivity index (χ4n) is 1.72. The first kappa shape index (κ1) is 9.65. The Hall–Kier alpha value is -0.900. The molecule has 0 radical (unpaired) electrons. The van der Waals surface area contributed by atoms with Crippen LogP contribution in [0, 0.1) is 6.92 Å². The molecule has 0 unspecified atom stereocenters. The van der Waals surface area contributed by atoms with Gasteiger partial charge in [0.25, 0.3) is 5.91 Å². The van der Waals surface area contributed by atoms with E-state index in [-0.39, 0.29) is 5.91 Å². The van der Waals surface area contributed by atoms with Crippen molar-refractivity contribution < 1.29 is 4.79 Å². The molecule has 4 heteroatoms. The molecule has 2 heterocycles. The van der Waals surface area contributed by atoms with Crippen molar-refractivity contribution in [1.29, 1.82) is 0 Å². The van der Waals surface area contributed by atoms with Crippen molar-refractivity contribution in [2.24, 2.45) is 0 Å². The van der Waals surface area contributed by atoms with Crippen molar-refractivity contribution in [3.05, 3.63) is 16.6 Å². The zero-order valence-electron chi connectivity index (χ0n) is 8.32. The highest BCUT2D eigenvalue weighted by molar-refractivity contribution is 7.08. The van der Waals surface area contributed by atoms with Crippen LogP contribution in [0.5, 0.6) is 0 Å². The van der Waals surface area contributed by atoms with Gasteiger partial charge in [0.15, 0.2) is 0 Å². The quantitative estimate of drug-likeness (QED) is 0.711. The average Bonchev–Trinajstić information content (AvgIpc) is 2.65. The molecule has 0 atom stereocenters. The van der Waals surface area contributed by atoms with Crippen molar-refractivity contribution in [1.82, 2.24) is 9.27 Å². The van der Waals surface area contributed by atoms with Crippen molar-refractivity contribution in [2.75, 3.05) is 13.1 Å². The van der Waals surface area contributed by atoms with Crippen LogP contribution in [0.1, 0.15) is 34.6 Å². The molecular formula is C10H14N2OS. The molecule has 14 heavy (non-hydrogen) atoms. The largest absolute Gasteiger partial charge is 0.338 e. The molecule has 1 aliphatic heterocycles. The number of carbonyl (C=O) groups excluding carboxylic acids is 1. The number of likely N-dealkylation sites (tertiary alicyclic amines) is 1. The summed E-state index contributed by atoms with van der Waals surface area (Å²) in [5.74, 6) is 0.162. The lowest BCUT2D eigenvalue weighted by Gasteiger charge is -2.25. The molecule has 1 saturated heterocycles. The minimum Gasteiger partial charge on any atom is -0.338 e. The summed E-state index contributed by atoms with van der Waals surface area (Å²) in [6, 6.07) is 1.88. The number of aromatic nitrogens is 1. The van der Waals surface area contributed by atoms with Gasteiger partial charge in [-0.15, -0.1) is 0 Å². The van der Waals surface area contributed by atoms with Crippen molar-refractivity contribution in [2.45, 2.75) is 26.2 Å². The van der Waals surface area contributed by atoms with E-state index in [1.165, 1.54) is 18.0 Å². The smallest absolute Gasteiger partial charge is 0.265 e. The molecule has 0 saturated carbocycles. The van der Waals surface area contributed by atoms with Crippen LogP contribution >= 0.6 is 11.5 Å². The van der Waals surface area contributed by atoms with E-state index in [9.17, 15) is 4.79 Å². The third-order valence-electron chi connectivity index (χ3n) is 2.48. The molecule has 1 amide bonds. The molecule has 1 aromatic heterocycles. The van der Waals surface area contributed by atoms with E-state index in [0.717, 1.165) is 36.5 Å². The van der Waals surface area contributed by atoms with Gasteiger partial charge in [-0.3, -0.25) is 4.79 Å². The number of nitrogens with zero attached hydrogens (tertiary/aromatic N) is 2. The normalized spacial score (nSPS) is 17.1. The van der Waals surface area contributed by atoms with Gasteiger partial charge in [0.05, 0.1) is 5.69 Å². The fraction of sp³-hybridized carbons (Fsp3) is 0.600. The van der Waals surface area contributed by atoms with Crippen LogP contribution in [0.4, 0.5) is 0 Å². The monoisotopic (exact) mass is 210 g/mol. The van der Waals surface area contributed by atoms with Crippen molar-refractivity contribution in [3.8, 4) is 0 Å². The Morgan fingerprint density at radius 2 is 2.14 bits per heavy atom. The summed E-state index contributed by atoms with van der Waals surface area (Å²) in [5, 5.41) is 0. The maximum absolute atomic E-state index is 11.9. The molecule has 0 spiro atoms. The third kappa shape index (κ3) is 1.95. The van der Waals surface area contributed by atoms with Gasteiger partial charge in [-0.05, 0) is 43.8 Å². The second-order valence-corrected chi connectivity index (χ2v) is 4.49. The van der Waals surface area contributed by atoms with Gasteiger partial charge in [-0.25, -0.2) is 0 Å². The number of piperidine rings is 1. The van der Waals surface area contributed by atoms with E-state index >= 15 is 0 Å². The number of hydrogen-bond acceptors (Lipinski definition) is 3. The van der Waals surface area contributed by atoms with E-state index in [1.807, 2.05) is 17.9 Å². The first-order valence-corrected chi connectivity index (χ1v) is 5.77. The predicted molar refractivity (Wildman–Crippen MR) is 56.6 cm³/mol. The molecule has 2 rings (SSSR count). The second-order valence-electron chi connectivity index (χ2n) is 3.69. The number of carbonyl (C=O) groups is 1. The number of rotatable bonds is 1. The van der Waals surface area contributed by atoms with E-state index in [1.54, 1.807) is 0 Å². The van der Waals surface area contributed by atoms with E-state index in [4.69, 9.17) is 0 Å². The van der Waals surface area contributed by atoms with Gasteiger partial charge in [0.2, 0.25) is 0 Å². The van der Waals surface area contributed by atoms with E-state index < -0.39 is 0 Å². The van der Waals surface area contributed by atoms with Gasteiger partial charge in [-0.1, -0.05) is 0 Å². The van der Waals surface area contributed by atoms with Gasteiger partial charge in [-0.2, -0.15) is 4.37 Å². The van der Waals surface area contributed by atoms with Crippen LogP contribution in [0.2, 0.25) is 0 Å². The first-order valence-electron chi connectivity index (χ1n) is 5.00. The third-order valence-corrected chi connectivity index (χ3v) is 3.35. The van der Waals surface area contributed by atoms with Crippen LogP contribution in [0.3, 0.4) is 0 Å². The molecule has 76 valence electrons. The standard InChI is InChI=1S/C10H14N2OS/c1-8-7-9(14-11-8)10(13)12-5-3-2-4-6-12/h7H,2-6H2,1H3. The van der Waals surface area contributed by atoms with Gasteiger partial charge in [0.1, 0.15) is 4.88 Å². The Balaban J connectivity index is 2.07. The van der Waals surface area contributed by atoms with Crippen LogP contribution in [-0.2, 0) is 0 Å². The van der Waals surface area contributed by atoms with E-state index in [2.05, 4.69) is 4.37 Å². The van der Waals surface area contributed by atoms with Crippen LogP contribution in [0.15, 0.2) is 6.07 Å². The zero-order chi connectivity index (χ0) is 9.97. The average molecular weight is 210 g/mol. The summed E-state index contributed by atoms with van der Waals surface area (Å²) in [5.41, 5.74) is 0.940. The highest BCUT2D eigenvalue weighted by atomic mass is 32.1. The van der Waals surface area contributed by atoms with Crippen molar-refractivity contribution in [3.63, 3.8) is 0 Å². The number of amides is 1. The fourth-order valence-corrected chi connectivity index (χ4v) is 2.44. The summed E-state index contributed by atoms with van der Waals surface area (Å²) >= 11 is 1.31. The van der Waals surface area contributed by atoms with Crippen LogP contribution in [-0.4, -0.2) is 28.3 Å². The molecule has 0 bridgehead atoms. The first-order chi connectivity index (χ1) is 6.77. The Labute approximate surface area is 87.9 Å². The second kappa shape index (κ2) is 4.09. The molecule has 0 N–H and O–H groups in total. The van der Waals surface area contributed by atoms with Crippen LogP contribution < -0.4 is 0 Å². The summed E-state index contributed by atoms with van der Waals surface area (Å²) < 4.78 is 4.13. The summed E-state index contributed by atoms with van der Waals surface area (Å²) in [4.78, 5) is 14.6. The molecule has 0 aromatic carbocycles. The van der Waals surface area contributed by atoms with Gasteiger partial charge >= 0.3 is 0 Å². The lowest BCUT2D eigenvalue weighted by atomic mass is 10.1. The van der Waals surface area contributed by atoms with E-state index in [0.29, 0.717) is 0 Å². The molecular weight excluding hydrogens is 196 g/mol. The molecule has 3 nitrogen and oxygen atoms in total. The van der Waals surface area contributed by atoms with Gasteiger partial charge < -0.3 is 4.90 Å². The minimum atomic E-state index is 0.162. The van der Waals surface area contributed by atoms with Crippen LogP contribution in [0.25, 0.3) is 0 Å².